The fourth-order valence-corrected chi connectivity index (χ4v) is 3.12. The van der Waals surface area contributed by atoms with Crippen LogP contribution in [0.15, 0.2) is 30.5 Å². The molecule has 1 aromatic heterocycles. The molecule has 2 heterocycles. The normalized spacial score (nSPS) is 18.7. The lowest BCUT2D eigenvalue weighted by Crippen LogP contribution is -2.36. The van der Waals surface area contributed by atoms with Gasteiger partial charge in [-0.25, -0.2) is 8.78 Å². The molecular formula is C17H19F2N3O. The highest BCUT2D eigenvalue weighted by molar-refractivity contribution is 5.95. The highest BCUT2D eigenvalue weighted by atomic mass is 19.1. The molecule has 23 heavy (non-hydrogen) atoms. The Labute approximate surface area is 133 Å². The SMILES string of the molecule is Cn1ccc([C@@H]2CCCCCN2C(=O)c2c(F)cccc2F)n1. The summed E-state index contributed by atoms with van der Waals surface area (Å²) in [4.78, 5) is 14.4. The van der Waals surface area contributed by atoms with E-state index in [-0.39, 0.29) is 6.04 Å². The number of likely N-dealkylation sites (tertiary alicyclic amines) is 1. The van der Waals surface area contributed by atoms with E-state index in [4.69, 9.17) is 0 Å². The predicted molar refractivity (Wildman–Crippen MR) is 81.8 cm³/mol. The largest absolute Gasteiger partial charge is 0.330 e. The monoisotopic (exact) mass is 319 g/mol. The first-order valence-electron chi connectivity index (χ1n) is 7.82. The third-order valence-corrected chi connectivity index (χ3v) is 4.27. The number of benzene rings is 1. The van der Waals surface area contributed by atoms with E-state index in [0.29, 0.717) is 6.54 Å². The maximum atomic E-state index is 14.0. The Morgan fingerprint density at radius 3 is 2.57 bits per heavy atom. The first-order chi connectivity index (χ1) is 11.1. The Hall–Kier alpha value is -2.24. The van der Waals surface area contributed by atoms with Crippen molar-refractivity contribution in [1.29, 1.82) is 0 Å². The number of amides is 1. The summed E-state index contributed by atoms with van der Waals surface area (Å²) < 4.78 is 29.6. The van der Waals surface area contributed by atoms with Gasteiger partial charge in [-0.3, -0.25) is 9.48 Å². The van der Waals surface area contributed by atoms with E-state index in [1.165, 1.54) is 6.07 Å². The van der Waals surface area contributed by atoms with E-state index in [9.17, 15) is 13.6 Å². The van der Waals surface area contributed by atoms with E-state index in [2.05, 4.69) is 5.10 Å². The molecule has 1 fully saturated rings. The molecule has 0 saturated carbocycles. The summed E-state index contributed by atoms with van der Waals surface area (Å²) in [6.07, 6.45) is 5.34. The summed E-state index contributed by atoms with van der Waals surface area (Å²) in [5, 5.41) is 4.38. The van der Waals surface area contributed by atoms with Crippen LogP contribution < -0.4 is 0 Å². The van der Waals surface area contributed by atoms with Crippen molar-refractivity contribution in [2.24, 2.45) is 7.05 Å². The van der Waals surface area contributed by atoms with E-state index in [1.807, 2.05) is 19.3 Å². The van der Waals surface area contributed by atoms with Crippen LogP contribution >= 0.6 is 0 Å². The van der Waals surface area contributed by atoms with Crippen LogP contribution in [0.25, 0.3) is 0 Å². The van der Waals surface area contributed by atoms with Gasteiger partial charge in [0.05, 0.1) is 11.7 Å². The first-order valence-corrected chi connectivity index (χ1v) is 7.82. The zero-order chi connectivity index (χ0) is 16.4. The number of nitrogens with zero attached hydrogens (tertiary/aromatic N) is 3. The molecule has 1 aromatic carbocycles. The Bertz CT molecular complexity index is 693. The van der Waals surface area contributed by atoms with Gasteiger partial charge < -0.3 is 4.90 Å². The maximum Gasteiger partial charge on any atom is 0.260 e. The summed E-state index contributed by atoms with van der Waals surface area (Å²) in [6.45, 7) is 0.480. The molecule has 0 aliphatic carbocycles. The Morgan fingerprint density at radius 1 is 1.17 bits per heavy atom. The van der Waals surface area contributed by atoms with E-state index < -0.39 is 23.1 Å². The molecular weight excluding hydrogens is 300 g/mol. The second kappa shape index (κ2) is 6.48. The number of halogens is 2. The highest BCUT2D eigenvalue weighted by Crippen LogP contribution is 2.31. The molecule has 4 nitrogen and oxygen atoms in total. The van der Waals surface area contributed by atoms with Gasteiger partial charge in [0.1, 0.15) is 17.2 Å². The number of aryl methyl sites for hydroxylation is 1. The average molecular weight is 319 g/mol. The van der Waals surface area contributed by atoms with Gasteiger partial charge in [0.2, 0.25) is 0 Å². The van der Waals surface area contributed by atoms with Gasteiger partial charge in [-0.05, 0) is 31.0 Å². The molecule has 122 valence electrons. The summed E-state index contributed by atoms with van der Waals surface area (Å²) in [7, 11) is 1.81. The molecule has 0 unspecified atom stereocenters. The van der Waals surface area contributed by atoms with Crippen LogP contribution in [0.2, 0.25) is 0 Å². The molecule has 0 spiro atoms. The Morgan fingerprint density at radius 2 is 1.91 bits per heavy atom. The molecule has 0 bridgehead atoms. The second-order valence-electron chi connectivity index (χ2n) is 5.87. The minimum absolute atomic E-state index is 0.245. The first kappa shape index (κ1) is 15.6. The number of rotatable bonds is 2. The lowest BCUT2D eigenvalue weighted by molar-refractivity contribution is 0.0666. The lowest BCUT2D eigenvalue weighted by Gasteiger charge is -2.29. The zero-order valence-corrected chi connectivity index (χ0v) is 13.0. The summed E-state index contributed by atoms with van der Waals surface area (Å²) >= 11 is 0. The van der Waals surface area contributed by atoms with Crippen molar-refractivity contribution in [3.63, 3.8) is 0 Å². The van der Waals surface area contributed by atoms with E-state index >= 15 is 0 Å². The van der Waals surface area contributed by atoms with Crippen molar-refractivity contribution < 1.29 is 13.6 Å². The highest BCUT2D eigenvalue weighted by Gasteiger charge is 2.31. The molecule has 1 aliphatic rings. The molecule has 2 aromatic rings. The van der Waals surface area contributed by atoms with Crippen LogP contribution in [-0.4, -0.2) is 27.1 Å². The standard InChI is InChI=1S/C17H19F2N3O/c1-21-11-9-14(20-21)15-8-3-2-4-10-22(15)17(23)16-12(18)6-5-7-13(16)19/h5-7,9,11,15H,2-4,8,10H2,1H3/t15-/m0/s1. The van der Waals surface area contributed by atoms with Crippen molar-refractivity contribution in [3.8, 4) is 0 Å². The van der Waals surface area contributed by atoms with Gasteiger partial charge in [0, 0.05) is 19.8 Å². The quantitative estimate of drug-likeness (QED) is 0.850. The zero-order valence-electron chi connectivity index (χ0n) is 13.0. The Kier molecular flexibility index (Phi) is 4.41. The molecule has 6 heteroatoms. The maximum absolute atomic E-state index is 14.0. The predicted octanol–water partition coefficient (Wildman–Crippen LogP) is 3.46. The van der Waals surface area contributed by atoms with Crippen LogP contribution in [0.3, 0.4) is 0 Å². The van der Waals surface area contributed by atoms with Gasteiger partial charge >= 0.3 is 0 Å². The van der Waals surface area contributed by atoms with Gasteiger partial charge in [-0.1, -0.05) is 18.9 Å². The lowest BCUT2D eigenvalue weighted by atomic mass is 10.1. The van der Waals surface area contributed by atoms with Crippen molar-refractivity contribution in [2.45, 2.75) is 31.7 Å². The van der Waals surface area contributed by atoms with Crippen LogP contribution in [0.5, 0.6) is 0 Å². The van der Waals surface area contributed by atoms with Crippen LogP contribution in [-0.2, 0) is 7.05 Å². The molecule has 1 saturated heterocycles. The molecule has 0 radical (unpaired) electrons. The minimum atomic E-state index is -0.820. The van der Waals surface area contributed by atoms with Gasteiger partial charge in [-0.15, -0.1) is 0 Å². The topological polar surface area (TPSA) is 38.1 Å². The number of hydrogen-bond donors (Lipinski definition) is 0. The Balaban J connectivity index is 1.98. The van der Waals surface area contributed by atoms with Crippen molar-refractivity contribution in [1.82, 2.24) is 14.7 Å². The molecule has 1 atom stereocenters. The van der Waals surface area contributed by atoms with Crippen LogP contribution in [0, 0.1) is 11.6 Å². The molecule has 1 aliphatic heterocycles. The average Bonchev–Trinajstić information content (AvgIpc) is 2.80. The van der Waals surface area contributed by atoms with E-state index in [1.54, 1.807) is 9.58 Å². The van der Waals surface area contributed by atoms with Crippen molar-refractivity contribution >= 4 is 5.91 Å². The van der Waals surface area contributed by atoms with Gasteiger partial charge in [0.15, 0.2) is 0 Å². The molecule has 0 N–H and O–H groups in total. The number of hydrogen-bond acceptors (Lipinski definition) is 2. The minimum Gasteiger partial charge on any atom is -0.330 e. The molecule has 3 rings (SSSR count). The van der Waals surface area contributed by atoms with Gasteiger partial charge in [-0.2, -0.15) is 5.10 Å². The number of carbonyl (C=O) groups is 1. The van der Waals surface area contributed by atoms with Crippen molar-refractivity contribution in [2.75, 3.05) is 6.54 Å². The third-order valence-electron chi connectivity index (χ3n) is 4.27. The number of carbonyl (C=O) groups excluding carboxylic acids is 1. The van der Waals surface area contributed by atoms with Crippen LogP contribution in [0.4, 0.5) is 8.78 Å². The second-order valence-corrected chi connectivity index (χ2v) is 5.87. The summed E-state index contributed by atoms with van der Waals surface area (Å²) in [5.74, 6) is -2.24. The summed E-state index contributed by atoms with van der Waals surface area (Å²) in [6, 6.07) is 5.10. The third kappa shape index (κ3) is 3.11. The molecule has 1 amide bonds. The van der Waals surface area contributed by atoms with Gasteiger partial charge in [0.25, 0.3) is 5.91 Å². The van der Waals surface area contributed by atoms with Crippen LogP contribution in [0.1, 0.15) is 47.8 Å². The fourth-order valence-electron chi connectivity index (χ4n) is 3.12. The smallest absolute Gasteiger partial charge is 0.260 e. The fraction of sp³-hybridized carbons (Fsp3) is 0.412. The van der Waals surface area contributed by atoms with E-state index in [0.717, 1.165) is 43.5 Å². The summed E-state index contributed by atoms with van der Waals surface area (Å²) in [5.41, 5.74) is 0.287. The number of aromatic nitrogens is 2. The van der Waals surface area contributed by atoms with Crippen molar-refractivity contribution in [3.05, 3.63) is 53.4 Å².